The molecule has 0 aromatic carbocycles. The molecule has 0 saturated carbocycles. The molecule has 1 aromatic heterocycles. The standard InChI is InChI=1S/C15H21ClN2O3/c1-2-5-15(14(20)21)10-18(7-4-13(15)19)9-11-3-6-17-8-12(11)16/h3,6,8,13,19H,2,4-5,7,9-10H2,1H3,(H,20,21)/t13-,15+/m0/s1. The summed E-state index contributed by atoms with van der Waals surface area (Å²) in [6.45, 7) is 3.53. The first-order valence-electron chi connectivity index (χ1n) is 7.22. The van der Waals surface area contributed by atoms with Gasteiger partial charge in [0.05, 0.1) is 11.1 Å². The van der Waals surface area contributed by atoms with Gasteiger partial charge in [-0.15, -0.1) is 0 Å². The van der Waals surface area contributed by atoms with Crippen LogP contribution in [0.15, 0.2) is 18.5 Å². The number of carboxylic acid groups (broad SMARTS) is 1. The Bertz CT molecular complexity index is 511. The summed E-state index contributed by atoms with van der Waals surface area (Å²) in [7, 11) is 0. The fourth-order valence-corrected chi connectivity index (χ4v) is 3.26. The summed E-state index contributed by atoms with van der Waals surface area (Å²) in [4.78, 5) is 17.7. The number of pyridine rings is 1. The highest BCUT2D eigenvalue weighted by Gasteiger charge is 2.48. The number of hydrogen-bond donors (Lipinski definition) is 2. The molecule has 0 radical (unpaired) electrons. The fraction of sp³-hybridized carbons (Fsp3) is 0.600. The number of carboxylic acids is 1. The third-order valence-electron chi connectivity index (χ3n) is 4.23. The van der Waals surface area contributed by atoms with E-state index in [1.54, 1.807) is 12.4 Å². The summed E-state index contributed by atoms with van der Waals surface area (Å²) < 4.78 is 0. The minimum absolute atomic E-state index is 0.343. The van der Waals surface area contributed by atoms with Crippen molar-refractivity contribution in [3.8, 4) is 0 Å². The van der Waals surface area contributed by atoms with E-state index in [9.17, 15) is 15.0 Å². The zero-order valence-electron chi connectivity index (χ0n) is 12.1. The van der Waals surface area contributed by atoms with E-state index in [-0.39, 0.29) is 0 Å². The van der Waals surface area contributed by atoms with Gasteiger partial charge in [-0.25, -0.2) is 0 Å². The molecule has 1 aliphatic rings. The topological polar surface area (TPSA) is 73.7 Å². The van der Waals surface area contributed by atoms with Crippen molar-refractivity contribution in [3.63, 3.8) is 0 Å². The summed E-state index contributed by atoms with van der Waals surface area (Å²) in [5.41, 5.74) is -0.147. The van der Waals surface area contributed by atoms with Crippen molar-refractivity contribution in [2.24, 2.45) is 5.41 Å². The molecule has 0 spiro atoms. The first-order chi connectivity index (χ1) is 9.99. The van der Waals surface area contributed by atoms with Gasteiger partial charge in [0, 0.05) is 32.0 Å². The van der Waals surface area contributed by atoms with Crippen LogP contribution in [0, 0.1) is 5.41 Å². The number of aliphatic carboxylic acids is 1. The summed E-state index contributed by atoms with van der Waals surface area (Å²) in [5.74, 6) is -0.914. The van der Waals surface area contributed by atoms with Crippen LogP contribution < -0.4 is 0 Å². The van der Waals surface area contributed by atoms with E-state index in [1.165, 1.54) is 0 Å². The Balaban J connectivity index is 2.16. The fourth-order valence-electron chi connectivity index (χ4n) is 3.08. The van der Waals surface area contributed by atoms with Gasteiger partial charge in [0.2, 0.25) is 0 Å². The lowest BCUT2D eigenvalue weighted by Crippen LogP contribution is -2.55. The van der Waals surface area contributed by atoms with Crippen LogP contribution in [0.4, 0.5) is 0 Å². The van der Waals surface area contributed by atoms with Crippen molar-refractivity contribution < 1.29 is 15.0 Å². The van der Waals surface area contributed by atoms with Crippen LogP contribution in [0.5, 0.6) is 0 Å². The predicted octanol–water partition coefficient (Wildman–Crippen LogP) is 2.17. The van der Waals surface area contributed by atoms with Gasteiger partial charge in [-0.2, -0.15) is 0 Å². The molecule has 0 unspecified atom stereocenters. The molecule has 0 amide bonds. The van der Waals surface area contributed by atoms with Gasteiger partial charge in [-0.05, 0) is 24.5 Å². The van der Waals surface area contributed by atoms with E-state index in [4.69, 9.17) is 11.6 Å². The monoisotopic (exact) mass is 312 g/mol. The van der Waals surface area contributed by atoms with Gasteiger partial charge in [0.25, 0.3) is 0 Å². The first kappa shape index (κ1) is 16.2. The maximum atomic E-state index is 11.7. The van der Waals surface area contributed by atoms with E-state index in [0.717, 1.165) is 12.0 Å². The Morgan fingerprint density at radius 2 is 2.38 bits per heavy atom. The van der Waals surface area contributed by atoms with E-state index in [2.05, 4.69) is 9.88 Å². The molecule has 0 bridgehead atoms. The number of carbonyl (C=O) groups is 1. The Labute approximate surface area is 129 Å². The highest BCUT2D eigenvalue weighted by atomic mass is 35.5. The first-order valence-corrected chi connectivity index (χ1v) is 7.59. The Morgan fingerprint density at radius 3 is 3.00 bits per heavy atom. The highest BCUT2D eigenvalue weighted by molar-refractivity contribution is 6.31. The molecular formula is C15H21ClN2O3. The van der Waals surface area contributed by atoms with Crippen LogP contribution in [0.25, 0.3) is 0 Å². The number of aliphatic hydroxyl groups excluding tert-OH is 1. The summed E-state index contributed by atoms with van der Waals surface area (Å²) in [6.07, 6.45) is 4.15. The molecule has 6 heteroatoms. The number of likely N-dealkylation sites (tertiary alicyclic amines) is 1. The van der Waals surface area contributed by atoms with E-state index in [1.807, 2.05) is 13.0 Å². The van der Waals surface area contributed by atoms with Gasteiger partial charge in [0.1, 0.15) is 5.41 Å². The largest absolute Gasteiger partial charge is 0.481 e. The number of piperidine rings is 1. The molecule has 2 heterocycles. The second-order valence-electron chi connectivity index (χ2n) is 5.69. The number of nitrogens with zero attached hydrogens (tertiary/aromatic N) is 2. The second kappa shape index (κ2) is 6.73. The predicted molar refractivity (Wildman–Crippen MR) is 80.1 cm³/mol. The van der Waals surface area contributed by atoms with Gasteiger partial charge < -0.3 is 10.2 Å². The van der Waals surface area contributed by atoms with Crippen LogP contribution in [-0.2, 0) is 11.3 Å². The van der Waals surface area contributed by atoms with Gasteiger partial charge in [0.15, 0.2) is 0 Å². The van der Waals surface area contributed by atoms with Gasteiger partial charge in [-0.1, -0.05) is 24.9 Å². The van der Waals surface area contributed by atoms with E-state index in [0.29, 0.717) is 37.5 Å². The average Bonchev–Trinajstić information content (AvgIpc) is 2.45. The minimum atomic E-state index is -1.08. The van der Waals surface area contributed by atoms with Crippen molar-refractivity contribution in [2.45, 2.75) is 38.8 Å². The summed E-state index contributed by atoms with van der Waals surface area (Å²) in [5, 5.41) is 20.4. The van der Waals surface area contributed by atoms with Crippen LogP contribution in [0.3, 0.4) is 0 Å². The SMILES string of the molecule is CCC[C@@]1(C(=O)O)CN(Cc2ccncc2Cl)CC[C@@H]1O. The Morgan fingerprint density at radius 1 is 1.62 bits per heavy atom. The maximum Gasteiger partial charge on any atom is 0.313 e. The summed E-state index contributed by atoms with van der Waals surface area (Å²) in [6, 6.07) is 1.84. The van der Waals surface area contributed by atoms with E-state index >= 15 is 0 Å². The normalized spacial score (nSPS) is 26.7. The molecule has 0 aliphatic carbocycles. The quantitative estimate of drug-likeness (QED) is 0.871. The molecule has 1 fully saturated rings. The van der Waals surface area contributed by atoms with Crippen molar-refractivity contribution in [1.29, 1.82) is 0 Å². The van der Waals surface area contributed by atoms with Crippen LogP contribution in [0.2, 0.25) is 5.02 Å². The zero-order valence-corrected chi connectivity index (χ0v) is 12.9. The van der Waals surface area contributed by atoms with Gasteiger partial charge >= 0.3 is 5.97 Å². The molecule has 1 aromatic rings. The average molecular weight is 313 g/mol. The molecule has 21 heavy (non-hydrogen) atoms. The minimum Gasteiger partial charge on any atom is -0.481 e. The highest BCUT2D eigenvalue weighted by Crippen LogP contribution is 2.36. The van der Waals surface area contributed by atoms with Crippen LogP contribution in [0.1, 0.15) is 31.7 Å². The second-order valence-corrected chi connectivity index (χ2v) is 6.10. The smallest absolute Gasteiger partial charge is 0.313 e. The van der Waals surface area contributed by atoms with Crippen molar-refractivity contribution in [1.82, 2.24) is 9.88 Å². The maximum absolute atomic E-state index is 11.7. The molecule has 5 nitrogen and oxygen atoms in total. The third-order valence-corrected chi connectivity index (χ3v) is 4.58. The molecular weight excluding hydrogens is 292 g/mol. The lowest BCUT2D eigenvalue weighted by atomic mass is 9.74. The van der Waals surface area contributed by atoms with Gasteiger partial charge in [-0.3, -0.25) is 14.7 Å². The lowest BCUT2D eigenvalue weighted by Gasteiger charge is -2.43. The third kappa shape index (κ3) is 3.36. The number of aromatic nitrogens is 1. The number of aliphatic hydroxyl groups is 1. The number of rotatable bonds is 5. The Kier molecular flexibility index (Phi) is 5.19. The molecule has 1 aliphatic heterocycles. The molecule has 2 atom stereocenters. The van der Waals surface area contributed by atoms with Crippen LogP contribution in [-0.4, -0.2) is 45.3 Å². The summed E-state index contributed by atoms with van der Waals surface area (Å²) >= 11 is 6.11. The van der Waals surface area contributed by atoms with Crippen molar-refractivity contribution in [2.75, 3.05) is 13.1 Å². The molecule has 1 saturated heterocycles. The number of hydrogen-bond acceptors (Lipinski definition) is 4. The van der Waals surface area contributed by atoms with Crippen molar-refractivity contribution in [3.05, 3.63) is 29.0 Å². The number of halogens is 1. The van der Waals surface area contributed by atoms with Crippen molar-refractivity contribution >= 4 is 17.6 Å². The Hall–Kier alpha value is -1.17. The zero-order chi connectivity index (χ0) is 15.5. The molecule has 2 N–H and O–H groups in total. The van der Waals surface area contributed by atoms with E-state index < -0.39 is 17.5 Å². The van der Waals surface area contributed by atoms with Crippen LogP contribution >= 0.6 is 11.6 Å². The molecule has 2 rings (SSSR count). The lowest BCUT2D eigenvalue weighted by molar-refractivity contribution is -0.164. The molecule has 116 valence electrons.